The average molecular weight is 257 g/mol. The molecule has 0 aromatic carbocycles. The number of carboxylic acid groups (broad SMARTS) is 1. The minimum Gasteiger partial charge on any atom is -0.480 e. The first-order chi connectivity index (χ1) is 8.33. The Morgan fingerprint density at radius 3 is 2.56 bits per heavy atom. The third-order valence-electron chi connectivity index (χ3n) is 3.43. The summed E-state index contributed by atoms with van der Waals surface area (Å²) in [6, 6.07) is 0.167. The molecule has 0 saturated carbocycles. The Balaban J connectivity index is 2.62. The maximum Gasteiger partial charge on any atom is 0.324 e. The molecule has 0 radical (unpaired) electrons. The molecule has 1 heterocycles. The minimum absolute atomic E-state index is 0.167. The van der Waals surface area contributed by atoms with Crippen molar-refractivity contribution < 1.29 is 9.90 Å². The number of hydrogen-bond donors (Lipinski definition) is 2. The molecule has 5 heteroatoms. The van der Waals surface area contributed by atoms with Crippen LogP contribution in [-0.2, 0) is 4.79 Å². The first kappa shape index (κ1) is 15.4. The summed E-state index contributed by atoms with van der Waals surface area (Å²) in [5, 5.41) is 12.6. The topological polar surface area (TPSA) is 55.8 Å². The van der Waals surface area contributed by atoms with E-state index >= 15 is 0 Å². The summed E-state index contributed by atoms with van der Waals surface area (Å²) in [6.45, 7) is 10.3. The van der Waals surface area contributed by atoms with Gasteiger partial charge in [0.15, 0.2) is 0 Å². The van der Waals surface area contributed by atoms with Gasteiger partial charge in [0.2, 0.25) is 0 Å². The van der Waals surface area contributed by atoms with Crippen LogP contribution in [0, 0.1) is 0 Å². The van der Waals surface area contributed by atoms with Crippen LogP contribution in [0.4, 0.5) is 0 Å². The molecule has 0 amide bonds. The van der Waals surface area contributed by atoms with Gasteiger partial charge in [0, 0.05) is 25.7 Å². The summed E-state index contributed by atoms with van der Waals surface area (Å²) in [5.41, 5.74) is -0.864. The average Bonchev–Trinajstić information content (AvgIpc) is 2.42. The van der Waals surface area contributed by atoms with Gasteiger partial charge in [-0.3, -0.25) is 15.0 Å². The van der Waals surface area contributed by atoms with Crippen molar-refractivity contribution in [1.29, 1.82) is 0 Å². The zero-order valence-electron chi connectivity index (χ0n) is 12.1. The van der Waals surface area contributed by atoms with Gasteiger partial charge in [0.05, 0.1) is 0 Å². The Morgan fingerprint density at radius 1 is 1.33 bits per heavy atom. The van der Waals surface area contributed by atoms with Crippen molar-refractivity contribution in [2.45, 2.75) is 38.8 Å². The van der Waals surface area contributed by atoms with Gasteiger partial charge >= 0.3 is 5.97 Å². The highest BCUT2D eigenvalue weighted by Crippen LogP contribution is 2.11. The predicted octanol–water partition coefficient (Wildman–Crippen LogP) is 0.465. The Morgan fingerprint density at radius 2 is 2.00 bits per heavy atom. The van der Waals surface area contributed by atoms with Crippen LogP contribution in [-0.4, -0.2) is 72.2 Å². The van der Waals surface area contributed by atoms with Crippen LogP contribution in [0.3, 0.4) is 0 Å². The SMILES string of the molecule is CC(C)NC(C)(CN1CCCN(C)CC1)C(=O)O. The normalized spacial score (nSPS) is 22.7. The molecule has 0 aliphatic carbocycles. The van der Waals surface area contributed by atoms with Gasteiger partial charge in [-0.25, -0.2) is 0 Å². The van der Waals surface area contributed by atoms with Gasteiger partial charge in [-0.05, 0) is 47.3 Å². The number of carboxylic acids is 1. The molecule has 1 atom stereocenters. The van der Waals surface area contributed by atoms with E-state index in [4.69, 9.17) is 0 Å². The molecule has 0 aromatic heterocycles. The lowest BCUT2D eigenvalue weighted by molar-refractivity contribution is -0.145. The predicted molar refractivity (Wildman–Crippen MR) is 72.9 cm³/mol. The van der Waals surface area contributed by atoms with Crippen LogP contribution >= 0.6 is 0 Å². The van der Waals surface area contributed by atoms with E-state index in [1.54, 1.807) is 6.92 Å². The largest absolute Gasteiger partial charge is 0.480 e. The zero-order valence-corrected chi connectivity index (χ0v) is 12.1. The fourth-order valence-electron chi connectivity index (χ4n) is 2.52. The number of rotatable bonds is 5. The van der Waals surface area contributed by atoms with Gasteiger partial charge in [0.25, 0.3) is 0 Å². The van der Waals surface area contributed by atoms with E-state index in [2.05, 4.69) is 22.2 Å². The highest BCUT2D eigenvalue weighted by Gasteiger charge is 2.35. The molecule has 0 aromatic rings. The quantitative estimate of drug-likeness (QED) is 0.749. The molecular formula is C13H27N3O2. The van der Waals surface area contributed by atoms with E-state index in [9.17, 15) is 9.90 Å². The van der Waals surface area contributed by atoms with Crippen LogP contribution in [0.2, 0.25) is 0 Å². The molecule has 5 nitrogen and oxygen atoms in total. The molecule has 18 heavy (non-hydrogen) atoms. The second-order valence-electron chi connectivity index (χ2n) is 5.87. The first-order valence-electron chi connectivity index (χ1n) is 6.75. The second kappa shape index (κ2) is 6.50. The van der Waals surface area contributed by atoms with Crippen molar-refractivity contribution in [3.63, 3.8) is 0 Å². The molecule has 0 spiro atoms. The molecule has 1 unspecified atom stereocenters. The first-order valence-corrected chi connectivity index (χ1v) is 6.75. The third-order valence-corrected chi connectivity index (χ3v) is 3.43. The van der Waals surface area contributed by atoms with Crippen molar-refractivity contribution in [2.75, 3.05) is 39.8 Å². The van der Waals surface area contributed by atoms with E-state index in [0.29, 0.717) is 6.54 Å². The molecule has 1 rings (SSSR count). The van der Waals surface area contributed by atoms with E-state index < -0.39 is 11.5 Å². The fourth-order valence-corrected chi connectivity index (χ4v) is 2.52. The van der Waals surface area contributed by atoms with Crippen molar-refractivity contribution in [2.24, 2.45) is 0 Å². The van der Waals surface area contributed by atoms with Gasteiger partial charge in [-0.15, -0.1) is 0 Å². The van der Waals surface area contributed by atoms with E-state index in [1.165, 1.54) is 0 Å². The minimum atomic E-state index is -0.864. The fraction of sp³-hybridized carbons (Fsp3) is 0.923. The van der Waals surface area contributed by atoms with Gasteiger partial charge < -0.3 is 10.0 Å². The lowest BCUT2D eigenvalue weighted by Crippen LogP contribution is -2.59. The summed E-state index contributed by atoms with van der Waals surface area (Å²) in [5.74, 6) is -0.770. The summed E-state index contributed by atoms with van der Waals surface area (Å²) in [6.07, 6.45) is 1.11. The summed E-state index contributed by atoms with van der Waals surface area (Å²) in [7, 11) is 2.12. The van der Waals surface area contributed by atoms with Crippen LogP contribution in [0.25, 0.3) is 0 Å². The third kappa shape index (κ3) is 4.55. The zero-order chi connectivity index (χ0) is 13.8. The number of nitrogens with one attached hydrogen (secondary N) is 1. The van der Waals surface area contributed by atoms with Crippen molar-refractivity contribution in [3.8, 4) is 0 Å². The summed E-state index contributed by atoms with van der Waals surface area (Å²) < 4.78 is 0. The number of likely N-dealkylation sites (N-methyl/N-ethyl adjacent to an activating group) is 1. The molecule has 106 valence electrons. The Bertz CT molecular complexity index is 283. The molecule has 0 bridgehead atoms. The van der Waals surface area contributed by atoms with Crippen LogP contribution < -0.4 is 5.32 Å². The van der Waals surface area contributed by atoms with Crippen molar-refractivity contribution in [3.05, 3.63) is 0 Å². The number of aliphatic carboxylic acids is 1. The lowest BCUT2D eigenvalue weighted by atomic mass is 10.0. The number of hydrogen-bond acceptors (Lipinski definition) is 4. The molecule has 1 fully saturated rings. The van der Waals surface area contributed by atoms with Gasteiger partial charge in [-0.1, -0.05) is 0 Å². The van der Waals surface area contributed by atoms with E-state index in [0.717, 1.165) is 32.6 Å². The number of nitrogens with zero attached hydrogens (tertiary/aromatic N) is 2. The van der Waals surface area contributed by atoms with Crippen molar-refractivity contribution in [1.82, 2.24) is 15.1 Å². The molecule has 2 N–H and O–H groups in total. The smallest absolute Gasteiger partial charge is 0.324 e. The monoisotopic (exact) mass is 257 g/mol. The summed E-state index contributed by atoms with van der Waals surface area (Å²) >= 11 is 0. The van der Waals surface area contributed by atoms with E-state index in [1.807, 2.05) is 13.8 Å². The van der Waals surface area contributed by atoms with Crippen LogP contribution in [0.5, 0.6) is 0 Å². The standard InChI is InChI=1S/C13H27N3O2/c1-11(2)14-13(3,12(17)18)10-16-7-5-6-15(4)8-9-16/h11,14H,5-10H2,1-4H3,(H,17,18). The van der Waals surface area contributed by atoms with E-state index in [-0.39, 0.29) is 6.04 Å². The van der Waals surface area contributed by atoms with Gasteiger partial charge in [0.1, 0.15) is 5.54 Å². The maximum atomic E-state index is 11.5. The molecule has 1 aliphatic rings. The van der Waals surface area contributed by atoms with Crippen molar-refractivity contribution >= 4 is 5.97 Å². The molecular weight excluding hydrogens is 230 g/mol. The molecule has 1 saturated heterocycles. The van der Waals surface area contributed by atoms with Crippen LogP contribution in [0.1, 0.15) is 27.2 Å². The Labute approximate surface area is 110 Å². The second-order valence-corrected chi connectivity index (χ2v) is 5.87. The Hall–Kier alpha value is -0.650. The van der Waals surface area contributed by atoms with Crippen LogP contribution in [0.15, 0.2) is 0 Å². The maximum absolute atomic E-state index is 11.5. The highest BCUT2D eigenvalue weighted by atomic mass is 16.4. The lowest BCUT2D eigenvalue weighted by Gasteiger charge is -2.34. The Kier molecular flexibility index (Phi) is 5.56. The number of carbonyl (C=O) groups is 1. The van der Waals surface area contributed by atoms with Gasteiger partial charge in [-0.2, -0.15) is 0 Å². The summed E-state index contributed by atoms with van der Waals surface area (Å²) in [4.78, 5) is 16.0. The molecule has 1 aliphatic heterocycles. The highest BCUT2D eigenvalue weighted by molar-refractivity contribution is 5.78.